The molecule has 0 saturated heterocycles. The number of aliphatic carboxylic acids is 2. The number of rotatable bonds is 14. The smallest absolute Gasteiger partial charge is 0.550 e. The maximum atomic E-state index is 11.9. The van der Waals surface area contributed by atoms with Gasteiger partial charge in [0, 0.05) is 23.3 Å². The third-order valence-electron chi connectivity index (χ3n) is 4.66. The predicted octanol–water partition coefficient (Wildman–Crippen LogP) is -3.55. The minimum atomic E-state index is -1.27. The summed E-state index contributed by atoms with van der Waals surface area (Å²) in [5.41, 5.74) is -1.27. The molecule has 0 N–H and O–H groups in total. The van der Waals surface area contributed by atoms with Crippen molar-refractivity contribution in [1.82, 2.24) is 0 Å². The Morgan fingerprint density at radius 1 is 0.792 bits per heavy atom. The summed E-state index contributed by atoms with van der Waals surface area (Å²) in [6.07, 6.45) is 8.00. The van der Waals surface area contributed by atoms with E-state index < -0.39 is 23.3 Å². The van der Waals surface area contributed by atoms with Crippen molar-refractivity contribution in [2.24, 2.45) is 11.3 Å². The number of hydrogen-bond donors (Lipinski definition) is 0. The monoisotopic (exact) mass is 358 g/mol. The standard InChI is InChI=1S/C18H34O4.2Na/c1-4-7-10-11-12-15(16(19)20)18(17(21)22,13-8-5-2)14-9-6-3;;/h15H,4-14H2,1-3H3,(H,19,20)(H,21,22);;/q;2*+1/p-2. The van der Waals surface area contributed by atoms with E-state index in [1.165, 1.54) is 0 Å². The van der Waals surface area contributed by atoms with E-state index in [9.17, 15) is 19.8 Å². The average molecular weight is 358 g/mol. The largest absolute Gasteiger partial charge is 1.00 e. The Balaban J connectivity index is -0.00000220. The predicted molar refractivity (Wildman–Crippen MR) is 83.7 cm³/mol. The fourth-order valence-electron chi connectivity index (χ4n) is 3.20. The van der Waals surface area contributed by atoms with Crippen LogP contribution in [0.1, 0.15) is 91.4 Å². The zero-order valence-electron chi connectivity index (χ0n) is 16.5. The Hall–Kier alpha value is 0.940. The molecule has 1 atom stereocenters. The Labute approximate surface area is 192 Å². The van der Waals surface area contributed by atoms with Crippen molar-refractivity contribution in [3.05, 3.63) is 0 Å². The SMILES string of the molecule is CCCCCCC(C(=O)[O-])C(CCCC)(CCCC)C(=O)[O-].[Na+].[Na+]. The van der Waals surface area contributed by atoms with Gasteiger partial charge in [-0.1, -0.05) is 72.1 Å². The summed E-state index contributed by atoms with van der Waals surface area (Å²) in [6.45, 7) is 6.05. The molecular weight excluding hydrogens is 326 g/mol. The van der Waals surface area contributed by atoms with Crippen LogP contribution < -0.4 is 69.3 Å². The molecule has 0 aromatic rings. The van der Waals surface area contributed by atoms with Crippen molar-refractivity contribution >= 4 is 11.9 Å². The molecule has 0 rings (SSSR count). The summed E-state index contributed by atoms with van der Waals surface area (Å²) in [7, 11) is 0. The molecule has 0 aliphatic rings. The molecule has 0 aromatic carbocycles. The number of hydrogen-bond acceptors (Lipinski definition) is 4. The molecule has 4 nitrogen and oxygen atoms in total. The number of unbranched alkanes of at least 4 members (excludes halogenated alkanes) is 5. The fraction of sp³-hybridized carbons (Fsp3) is 0.889. The van der Waals surface area contributed by atoms with Crippen molar-refractivity contribution in [1.29, 1.82) is 0 Å². The molecule has 0 bridgehead atoms. The first-order valence-electron chi connectivity index (χ1n) is 8.88. The van der Waals surface area contributed by atoms with Crippen molar-refractivity contribution in [3.63, 3.8) is 0 Å². The maximum absolute atomic E-state index is 11.9. The van der Waals surface area contributed by atoms with Gasteiger partial charge in [-0.3, -0.25) is 0 Å². The van der Waals surface area contributed by atoms with E-state index >= 15 is 0 Å². The van der Waals surface area contributed by atoms with E-state index in [1.807, 2.05) is 13.8 Å². The molecule has 130 valence electrons. The molecular formula is C18H32Na2O4. The van der Waals surface area contributed by atoms with Crippen LogP contribution >= 0.6 is 0 Å². The molecule has 1 unspecified atom stereocenters. The number of carboxylic acid groups (broad SMARTS) is 2. The zero-order chi connectivity index (χ0) is 17.0. The van der Waals surface area contributed by atoms with E-state index in [0.717, 1.165) is 38.5 Å². The van der Waals surface area contributed by atoms with Gasteiger partial charge in [-0.05, 0) is 19.3 Å². The molecule has 0 aliphatic heterocycles. The topological polar surface area (TPSA) is 80.3 Å². The van der Waals surface area contributed by atoms with Crippen LogP contribution in [0.4, 0.5) is 0 Å². The van der Waals surface area contributed by atoms with Gasteiger partial charge in [0.05, 0.1) is 0 Å². The Bertz CT molecular complexity index is 327. The van der Waals surface area contributed by atoms with E-state index in [2.05, 4.69) is 6.92 Å². The Kier molecular flexibility index (Phi) is 21.5. The second-order valence-corrected chi connectivity index (χ2v) is 6.37. The molecule has 6 heteroatoms. The van der Waals surface area contributed by atoms with Gasteiger partial charge in [-0.25, -0.2) is 0 Å². The summed E-state index contributed by atoms with van der Waals surface area (Å²) in [5.74, 6) is -3.38. The van der Waals surface area contributed by atoms with Gasteiger partial charge in [0.2, 0.25) is 0 Å². The minimum absolute atomic E-state index is 0. The van der Waals surface area contributed by atoms with Gasteiger partial charge < -0.3 is 19.8 Å². The molecule has 0 saturated carbocycles. The van der Waals surface area contributed by atoms with Crippen LogP contribution in [0.3, 0.4) is 0 Å². The first kappa shape index (κ1) is 29.7. The summed E-state index contributed by atoms with van der Waals surface area (Å²) < 4.78 is 0. The molecule has 0 amide bonds. The zero-order valence-corrected chi connectivity index (χ0v) is 20.5. The van der Waals surface area contributed by atoms with Crippen LogP contribution in [0.15, 0.2) is 0 Å². The number of carbonyl (C=O) groups is 2. The Morgan fingerprint density at radius 2 is 1.25 bits per heavy atom. The maximum Gasteiger partial charge on any atom is 1.00 e. The van der Waals surface area contributed by atoms with Gasteiger partial charge in [-0.2, -0.15) is 0 Å². The third kappa shape index (κ3) is 10.2. The Morgan fingerprint density at radius 3 is 1.58 bits per heavy atom. The van der Waals surface area contributed by atoms with Gasteiger partial charge >= 0.3 is 59.1 Å². The van der Waals surface area contributed by atoms with E-state index in [-0.39, 0.29) is 59.1 Å². The van der Waals surface area contributed by atoms with Gasteiger partial charge in [-0.15, -0.1) is 0 Å². The van der Waals surface area contributed by atoms with Gasteiger partial charge in [0.1, 0.15) is 0 Å². The molecule has 24 heavy (non-hydrogen) atoms. The normalized spacial score (nSPS) is 12.0. The quantitative estimate of drug-likeness (QED) is 0.238. The molecule has 0 fully saturated rings. The van der Waals surface area contributed by atoms with Gasteiger partial charge in [0.25, 0.3) is 0 Å². The summed E-state index contributed by atoms with van der Waals surface area (Å²) in [4.78, 5) is 23.5. The molecule has 0 aliphatic carbocycles. The van der Waals surface area contributed by atoms with Crippen LogP contribution in [-0.4, -0.2) is 11.9 Å². The van der Waals surface area contributed by atoms with E-state index in [0.29, 0.717) is 32.1 Å². The van der Waals surface area contributed by atoms with Crippen molar-refractivity contribution < 1.29 is 78.9 Å². The second kappa shape index (κ2) is 17.4. The van der Waals surface area contributed by atoms with Crippen LogP contribution in [0.5, 0.6) is 0 Å². The van der Waals surface area contributed by atoms with Crippen molar-refractivity contribution in [2.75, 3.05) is 0 Å². The molecule has 0 aromatic heterocycles. The van der Waals surface area contributed by atoms with Crippen LogP contribution in [0, 0.1) is 11.3 Å². The van der Waals surface area contributed by atoms with E-state index in [1.54, 1.807) is 0 Å². The summed E-state index contributed by atoms with van der Waals surface area (Å²) in [5, 5.41) is 23.5. The second-order valence-electron chi connectivity index (χ2n) is 6.37. The first-order valence-corrected chi connectivity index (χ1v) is 8.88. The molecule has 0 heterocycles. The fourth-order valence-corrected chi connectivity index (χ4v) is 3.20. The summed E-state index contributed by atoms with van der Waals surface area (Å²) in [6, 6.07) is 0. The number of carboxylic acids is 2. The average Bonchev–Trinajstić information content (AvgIpc) is 2.48. The summed E-state index contributed by atoms with van der Waals surface area (Å²) >= 11 is 0. The number of carbonyl (C=O) groups excluding carboxylic acids is 2. The minimum Gasteiger partial charge on any atom is -0.550 e. The van der Waals surface area contributed by atoms with E-state index in [4.69, 9.17) is 0 Å². The van der Waals surface area contributed by atoms with Crippen molar-refractivity contribution in [3.8, 4) is 0 Å². The van der Waals surface area contributed by atoms with Crippen LogP contribution in [0.25, 0.3) is 0 Å². The molecule has 0 spiro atoms. The van der Waals surface area contributed by atoms with Crippen molar-refractivity contribution in [2.45, 2.75) is 91.4 Å². The van der Waals surface area contributed by atoms with Gasteiger partial charge in [0.15, 0.2) is 0 Å². The third-order valence-corrected chi connectivity index (χ3v) is 4.66. The van der Waals surface area contributed by atoms with Crippen LogP contribution in [0.2, 0.25) is 0 Å². The van der Waals surface area contributed by atoms with Crippen LogP contribution in [-0.2, 0) is 9.59 Å². The first-order chi connectivity index (χ1) is 10.5. The molecule has 0 radical (unpaired) electrons.